The highest BCUT2D eigenvalue weighted by molar-refractivity contribution is 8.01. The lowest BCUT2D eigenvalue weighted by Gasteiger charge is -2.23. The minimum Gasteiger partial charge on any atom is -0.494 e. The molecule has 0 aromatic heterocycles. The highest BCUT2D eigenvalue weighted by Crippen LogP contribution is 2.41. The van der Waals surface area contributed by atoms with Crippen molar-refractivity contribution in [2.45, 2.75) is 37.0 Å². The zero-order valence-corrected chi connectivity index (χ0v) is 16.9. The molecule has 0 saturated carbocycles. The number of aryl methyl sites for hydroxylation is 1. The highest BCUT2D eigenvalue weighted by Gasteiger charge is 2.36. The first-order chi connectivity index (χ1) is 12.5. The molecule has 0 unspecified atom stereocenters. The number of sulfonamides is 1. The monoisotopic (exact) mass is 391 g/mol. The third-order valence-corrected chi connectivity index (χ3v) is 7.68. The molecule has 1 heterocycles. The SMILES string of the molecule is CCCCOc1ccc(S(=O)(=O)N2CCS[C@@H]2c2ccc(C)cc2)cc1. The summed E-state index contributed by atoms with van der Waals surface area (Å²) in [5.74, 6) is 1.51. The second kappa shape index (κ2) is 8.46. The molecular weight excluding hydrogens is 366 g/mol. The molecule has 1 aliphatic rings. The number of benzene rings is 2. The molecule has 0 amide bonds. The lowest BCUT2D eigenvalue weighted by Crippen LogP contribution is -2.30. The predicted octanol–water partition coefficient (Wildman–Crippen LogP) is 4.61. The Morgan fingerprint density at radius 1 is 1.12 bits per heavy atom. The Bertz CT molecular complexity index is 817. The Morgan fingerprint density at radius 3 is 2.46 bits per heavy atom. The molecular formula is C20H25NO3S2. The summed E-state index contributed by atoms with van der Waals surface area (Å²) in [6, 6.07) is 14.9. The van der Waals surface area contributed by atoms with Crippen LogP contribution in [-0.2, 0) is 10.0 Å². The Hall–Kier alpha value is -1.50. The van der Waals surface area contributed by atoms with Crippen LogP contribution >= 0.6 is 11.8 Å². The van der Waals surface area contributed by atoms with Crippen LogP contribution in [0.5, 0.6) is 5.75 Å². The third kappa shape index (κ3) is 4.24. The maximum atomic E-state index is 13.1. The summed E-state index contributed by atoms with van der Waals surface area (Å²) in [6.07, 6.45) is 2.06. The number of hydrogen-bond acceptors (Lipinski definition) is 4. The van der Waals surface area contributed by atoms with Gasteiger partial charge in [-0.25, -0.2) is 8.42 Å². The van der Waals surface area contributed by atoms with Gasteiger partial charge in [0.25, 0.3) is 0 Å². The normalized spacial score (nSPS) is 18.2. The van der Waals surface area contributed by atoms with Crippen molar-refractivity contribution in [3.05, 3.63) is 59.7 Å². The van der Waals surface area contributed by atoms with E-state index in [1.807, 2.05) is 31.2 Å². The van der Waals surface area contributed by atoms with Crippen molar-refractivity contribution in [1.29, 1.82) is 0 Å². The first kappa shape index (κ1) is 19.3. The average molecular weight is 392 g/mol. The number of thioether (sulfide) groups is 1. The molecule has 0 N–H and O–H groups in total. The first-order valence-electron chi connectivity index (χ1n) is 8.95. The molecule has 1 aliphatic heterocycles. The van der Waals surface area contributed by atoms with E-state index in [1.54, 1.807) is 40.3 Å². The number of ether oxygens (including phenoxy) is 1. The Balaban J connectivity index is 1.79. The van der Waals surface area contributed by atoms with Crippen LogP contribution in [0.15, 0.2) is 53.4 Å². The van der Waals surface area contributed by atoms with Crippen molar-refractivity contribution in [1.82, 2.24) is 4.31 Å². The van der Waals surface area contributed by atoms with E-state index in [-0.39, 0.29) is 5.37 Å². The van der Waals surface area contributed by atoms with Crippen LogP contribution in [-0.4, -0.2) is 31.6 Å². The van der Waals surface area contributed by atoms with E-state index < -0.39 is 10.0 Å². The largest absolute Gasteiger partial charge is 0.494 e. The van der Waals surface area contributed by atoms with E-state index in [9.17, 15) is 8.42 Å². The molecule has 2 aromatic rings. The summed E-state index contributed by atoms with van der Waals surface area (Å²) < 4.78 is 33.5. The van der Waals surface area contributed by atoms with E-state index in [0.29, 0.717) is 23.8 Å². The number of rotatable bonds is 7. The van der Waals surface area contributed by atoms with E-state index >= 15 is 0 Å². The van der Waals surface area contributed by atoms with E-state index in [0.717, 1.165) is 24.2 Å². The molecule has 6 heteroatoms. The van der Waals surface area contributed by atoms with Crippen LogP contribution in [0.4, 0.5) is 0 Å². The number of unbranched alkanes of at least 4 members (excludes halogenated alkanes) is 1. The van der Waals surface area contributed by atoms with Crippen molar-refractivity contribution >= 4 is 21.8 Å². The molecule has 26 heavy (non-hydrogen) atoms. The predicted molar refractivity (Wildman–Crippen MR) is 107 cm³/mol. The standard InChI is InChI=1S/C20H25NO3S2/c1-3-4-14-24-18-9-11-19(12-10-18)26(22,23)21-13-15-25-20(21)17-7-5-16(2)6-8-17/h5-12,20H,3-4,13-15H2,1-2H3/t20-/m1/s1. The quantitative estimate of drug-likeness (QED) is 0.647. The van der Waals surface area contributed by atoms with Crippen LogP contribution < -0.4 is 4.74 Å². The maximum Gasteiger partial charge on any atom is 0.244 e. The van der Waals surface area contributed by atoms with E-state index in [1.165, 1.54) is 5.56 Å². The Kier molecular flexibility index (Phi) is 6.27. The van der Waals surface area contributed by atoms with Gasteiger partial charge < -0.3 is 4.74 Å². The molecule has 1 saturated heterocycles. The molecule has 4 nitrogen and oxygen atoms in total. The molecule has 3 rings (SSSR count). The van der Waals surface area contributed by atoms with Gasteiger partial charge in [-0.2, -0.15) is 4.31 Å². The fraction of sp³-hybridized carbons (Fsp3) is 0.400. The number of nitrogens with zero attached hydrogens (tertiary/aromatic N) is 1. The van der Waals surface area contributed by atoms with Gasteiger partial charge in [0.2, 0.25) is 10.0 Å². The van der Waals surface area contributed by atoms with Crippen molar-refractivity contribution < 1.29 is 13.2 Å². The van der Waals surface area contributed by atoms with Crippen LogP contribution in [0.1, 0.15) is 36.3 Å². The molecule has 0 bridgehead atoms. The van der Waals surface area contributed by atoms with Gasteiger partial charge in [0, 0.05) is 12.3 Å². The zero-order chi connectivity index (χ0) is 18.6. The maximum absolute atomic E-state index is 13.1. The smallest absolute Gasteiger partial charge is 0.244 e. The Labute approximate surface area is 160 Å². The van der Waals surface area contributed by atoms with Gasteiger partial charge in [-0.15, -0.1) is 11.8 Å². The molecule has 1 atom stereocenters. The summed E-state index contributed by atoms with van der Waals surface area (Å²) >= 11 is 1.67. The van der Waals surface area contributed by atoms with Gasteiger partial charge in [-0.1, -0.05) is 43.2 Å². The molecule has 140 valence electrons. The van der Waals surface area contributed by atoms with Crippen molar-refractivity contribution in [3.8, 4) is 5.75 Å². The second-order valence-corrected chi connectivity index (χ2v) is 9.50. The van der Waals surface area contributed by atoms with Crippen molar-refractivity contribution in [3.63, 3.8) is 0 Å². The second-order valence-electron chi connectivity index (χ2n) is 6.42. The fourth-order valence-electron chi connectivity index (χ4n) is 2.87. The summed E-state index contributed by atoms with van der Waals surface area (Å²) in [6.45, 7) is 5.32. The molecule has 2 aromatic carbocycles. The van der Waals surface area contributed by atoms with Gasteiger partial charge >= 0.3 is 0 Å². The van der Waals surface area contributed by atoms with Gasteiger partial charge in [0.05, 0.1) is 16.9 Å². The highest BCUT2D eigenvalue weighted by atomic mass is 32.2. The zero-order valence-electron chi connectivity index (χ0n) is 15.2. The lowest BCUT2D eigenvalue weighted by atomic mass is 10.1. The van der Waals surface area contributed by atoms with Crippen molar-refractivity contribution in [2.24, 2.45) is 0 Å². The van der Waals surface area contributed by atoms with Crippen LogP contribution in [0.25, 0.3) is 0 Å². The summed E-state index contributed by atoms with van der Waals surface area (Å²) in [5, 5.41) is -0.166. The Morgan fingerprint density at radius 2 is 1.81 bits per heavy atom. The summed E-state index contributed by atoms with van der Waals surface area (Å²) in [4.78, 5) is 0.319. The van der Waals surface area contributed by atoms with Crippen LogP contribution in [0.3, 0.4) is 0 Å². The molecule has 0 radical (unpaired) electrons. The van der Waals surface area contributed by atoms with Crippen molar-refractivity contribution in [2.75, 3.05) is 18.9 Å². The lowest BCUT2D eigenvalue weighted by molar-refractivity contribution is 0.309. The minimum absolute atomic E-state index is 0.166. The van der Waals surface area contributed by atoms with Gasteiger partial charge in [0.15, 0.2) is 0 Å². The van der Waals surface area contributed by atoms with Crippen LogP contribution in [0.2, 0.25) is 0 Å². The van der Waals surface area contributed by atoms with Gasteiger partial charge in [-0.3, -0.25) is 0 Å². The minimum atomic E-state index is -3.53. The van der Waals surface area contributed by atoms with Crippen LogP contribution in [0, 0.1) is 6.92 Å². The molecule has 0 aliphatic carbocycles. The number of hydrogen-bond donors (Lipinski definition) is 0. The molecule has 0 spiro atoms. The van der Waals surface area contributed by atoms with E-state index in [4.69, 9.17) is 4.74 Å². The molecule has 1 fully saturated rings. The van der Waals surface area contributed by atoms with E-state index in [2.05, 4.69) is 6.92 Å². The first-order valence-corrected chi connectivity index (χ1v) is 11.4. The third-order valence-electron chi connectivity index (χ3n) is 4.41. The van der Waals surface area contributed by atoms with Gasteiger partial charge in [-0.05, 0) is 43.2 Å². The fourth-order valence-corrected chi connectivity index (χ4v) is 6.11. The average Bonchev–Trinajstić information content (AvgIpc) is 3.14. The van der Waals surface area contributed by atoms with Gasteiger partial charge in [0.1, 0.15) is 5.75 Å². The topological polar surface area (TPSA) is 46.6 Å². The summed E-state index contributed by atoms with van der Waals surface area (Å²) in [7, 11) is -3.53. The summed E-state index contributed by atoms with van der Waals surface area (Å²) in [5.41, 5.74) is 2.20.